The maximum absolute atomic E-state index is 10.3. The highest BCUT2D eigenvalue weighted by Gasteiger charge is 2.18. The van der Waals surface area contributed by atoms with E-state index in [1.54, 1.807) is 0 Å². The third-order valence-electron chi connectivity index (χ3n) is 3.54. The minimum Gasteiger partial charge on any atom is -0.490 e. The summed E-state index contributed by atoms with van der Waals surface area (Å²) in [5.74, 6) is 1.49. The van der Waals surface area contributed by atoms with E-state index in [0.29, 0.717) is 13.2 Å². The highest BCUT2D eigenvalue weighted by atomic mass is 79.9. The van der Waals surface area contributed by atoms with Crippen LogP contribution in [0.25, 0.3) is 0 Å². The van der Waals surface area contributed by atoms with Crippen LogP contribution in [0.15, 0.2) is 16.6 Å². The van der Waals surface area contributed by atoms with Gasteiger partial charge in [-0.3, -0.25) is 0 Å². The number of halogens is 1. The van der Waals surface area contributed by atoms with Gasteiger partial charge in [0.1, 0.15) is 0 Å². The molecule has 0 fully saturated rings. The van der Waals surface area contributed by atoms with Crippen LogP contribution in [0.1, 0.15) is 57.1 Å². The lowest BCUT2D eigenvalue weighted by Crippen LogP contribution is -2.00. The molecule has 1 unspecified atom stereocenters. The lowest BCUT2D eigenvalue weighted by atomic mass is 10.0. The Morgan fingerprint density at radius 1 is 1.20 bits per heavy atom. The zero-order valence-electron chi connectivity index (χ0n) is 12.0. The molecule has 1 aliphatic heterocycles. The molecule has 0 aromatic heterocycles. The third kappa shape index (κ3) is 4.13. The fourth-order valence-electron chi connectivity index (χ4n) is 2.37. The van der Waals surface area contributed by atoms with Gasteiger partial charge >= 0.3 is 0 Å². The number of rotatable bonds is 6. The highest BCUT2D eigenvalue weighted by molar-refractivity contribution is 9.10. The average molecular weight is 343 g/mol. The summed E-state index contributed by atoms with van der Waals surface area (Å²) in [4.78, 5) is 0. The van der Waals surface area contributed by atoms with Crippen LogP contribution in [-0.2, 0) is 0 Å². The quantitative estimate of drug-likeness (QED) is 0.767. The normalized spacial score (nSPS) is 15.8. The van der Waals surface area contributed by atoms with E-state index in [4.69, 9.17) is 9.47 Å². The highest BCUT2D eigenvalue weighted by Crippen LogP contribution is 2.40. The van der Waals surface area contributed by atoms with Crippen LogP contribution in [0, 0.1) is 0 Å². The van der Waals surface area contributed by atoms with Crippen LogP contribution in [0.5, 0.6) is 11.5 Å². The molecule has 0 saturated heterocycles. The van der Waals surface area contributed by atoms with E-state index < -0.39 is 6.10 Å². The van der Waals surface area contributed by atoms with Crippen LogP contribution < -0.4 is 9.47 Å². The first-order chi connectivity index (χ1) is 9.72. The topological polar surface area (TPSA) is 38.7 Å². The maximum Gasteiger partial charge on any atom is 0.175 e. The Bertz CT molecular complexity index is 434. The van der Waals surface area contributed by atoms with Crippen molar-refractivity contribution >= 4 is 15.9 Å². The van der Waals surface area contributed by atoms with Crippen LogP contribution >= 0.6 is 15.9 Å². The number of unbranched alkanes of at least 4 members (excludes halogenated alkanes) is 3. The number of aliphatic hydroxyl groups excluding tert-OH is 1. The summed E-state index contributed by atoms with van der Waals surface area (Å²) < 4.78 is 12.2. The molecule has 1 aromatic carbocycles. The molecular formula is C16H23BrO3. The first-order valence-electron chi connectivity index (χ1n) is 7.49. The first-order valence-corrected chi connectivity index (χ1v) is 8.28. The average Bonchev–Trinajstić information content (AvgIpc) is 2.69. The summed E-state index contributed by atoms with van der Waals surface area (Å²) in [7, 11) is 0. The van der Waals surface area contributed by atoms with Gasteiger partial charge in [-0.05, 0) is 40.0 Å². The number of aliphatic hydroxyl groups is 1. The van der Waals surface area contributed by atoms with Crippen molar-refractivity contribution in [1.82, 2.24) is 0 Å². The number of hydrogen-bond donors (Lipinski definition) is 1. The second kappa shape index (κ2) is 7.89. The van der Waals surface area contributed by atoms with Crippen molar-refractivity contribution in [3.63, 3.8) is 0 Å². The standard InChI is InChI=1S/C16H23BrO3/c1-2-3-4-5-7-14(18)12-10-13(17)16-15(11-12)19-8-6-9-20-16/h10-11,14,18H,2-9H2,1H3. The Morgan fingerprint density at radius 2 is 2.00 bits per heavy atom. The lowest BCUT2D eigenvalue weighted by molar-refractivity contribution is 0.162. The van der Waals surface area contributed by atoms with Gasteiger partial charge < -0.3 is 14.6 Å². The van der Waals surface area contributed by atoms with E-state index in [9.17, 15) is 5.11 Å². The van der Waals surface area contributed by atoms with Gasteiger partial charge in [0.25, 0.3) is 0 Å². The lowest BCUT2D eigenvalue weighted by Gasteiger charge is -2.15. The second-order valence-corrected chi connectivity index (χ2v) is 6.10. The SMILES string of the molecule is CCCCCCC(O)c1cc(Br)c2c(c1)OCCCO2. The van der Waals surface area contributed by atoms with E-state index in [0.717, 1.165) is 40.8 Å². The van der Waals surface area contributed by atoms with Crippen molar-refractivity contribution < 1.29 is 14.6 Å². The van der Waals surface area contributed by atoms with Crippen molar-refractivity contribution in [3.05, 3.63) is 22.2 Å². The number of benzene rings is 1. The van der Waals surface area contributed by atoms with Gasteiger partial charge in [-0.25, -0.2) is 0 Å². The van der Waals surface area contributed by atoms with Crippen molar-refractivity contribution in [2.75, 3.05) is 13.2 Å². The van der Waals surface area contributed by atoms with Crippen molar-refractivity contribution in [2.24, 2.45) is 0 Å². The molecule has 1 N–H and O–H groups in total. The van der Waals surface area contributed by atoms with E-state index in [1.807, 2.05) is 12.1 Å². The molecular weight excluding hydrogens is 320 g/mol. The molecule has 112 valence electrons. The van der Waals surface area contributed by atoms with Crippen molar-refractivity contribution in [1.29, 1.82) is 0 Å². The van der Waals surface area contributed by atoms with Crippen LogP contribution in [-0.4, -0.2) is 18.3 Å². The molecule has 0 radical (unpaired) electrons. The molecule has 20 heavy (non-hydrogen) atoms. The smallest absolute Gasteiger partial charge is 0.175 e. The third-order valence-corrected chi connectivity index (χ3v) is 4.13. The number of fused-ring (bicyclic) bond motifs is 1. The Balaban J connectivity index is 2.04. The zero-order chi connectivity index (χ0) is 14.4. The Labute approximate surface area is 129 Å². The first kappa shape index (κ1) is 15.6. The zero-order valence-corrected chi connectivity index (χ0v) is 13.6. The van der Waals surface area contributed by atoms with Crippen molar-refractivity contribution in [3.8, 4) is 11.5 Å². The predicted octanol–water partition coefficient (Wildman–Crippen LogP) is 4.61. The van der Waals surface area contributed by atoms with Crippen LogP contribution in [0.3, 0.4) is 0 Å². The molecule has 1 aliphatic rings. The van der Waals surface area contributed by atoms with Crippen molar-refractivity contribution in [2.45, 2.75) is 51.6 Å². The molecule has 0 aliphatic carbocycles. The summed E-state index contributed by atoms with van der Waals surface area (Å²) in [6, 6.07) is 3.86. The summed E-state index contributed by atoms with van der Waals surface area (Å²) in [5.41, 5.74) is 0.901. The van der Waals surface area contributed by atoms with Gasteiger partial charge in [0.15, 0.2) is 11.5 Å². The summed E-state index contributed by atoms with van der Waals surface area (Å²) in [6.45, 7) is 3.53. The molecule has 0 bridgehead atoms. The van der Waals surface area contributed by atoms with Gasteiger partial charge in [-0.15, -0.1) is 0 Å². The van der Waals surface area contributed by atoms with E-state index in [2.05, 4.69) is 22.9 Å². The molecule has 2 rings (SSSR count). The molecule has 3 nitrogen and oxygen atoms in total. The van der Waals surface area contributed by atoms with Crippen LogP contribution in [0.2, 0.25) is 0 Å². The molecule has 1 heterocycles. The fraction of sp³-hybridized carbons (Fsp3) is 0.625. The number of ether oxygens (including phenoxy) is 2. The Hall–Kier alpha value is -0.740. The van der Waals surface area contributed by atoms with Gasteiger partial charge in [0, 0.05) is 6.42 Å². The van der Waals surface area contributed by atoms with Gasteiger partial charge in [-0.1, -0.05) is 32.6 Å². The molecule has 1 aromatic rings. The van der Waals surface area contributed by atoms with Crippen LogP contribution in [0.4, 0.5) is 0 Å². The minimum absolute atomic E-state index is 0.430. The molecule has 0 amide bonds. The maximum atomic E-state index is 10.3. The second-order valence-electron chi connectivity index (χ2n) is 5.25. The monoisotopic (exact) mass is 342 g/mol. The van der Waals surface area contributed by atoms with E-state index in [1.165, 1.54) is 19.3 Å². The predicted molar refractivity (Wildman–Crippen MR) is 83.5 cm³/mol. The summed E-state index contributed by atoms with van der Waals surface area (Å²) in [6.07, 6.45) is 5.94. The molecule has 0 spiro atoms. The van der Waals surface area contributed by atoms with E-state index >= 15 is 0 Å². The fourth-order valence-corrected chi connectivity index (χ4v) is 2.95. The number of hydrogen-bond acceptors (Lipinski definition) is 3. The summed E-state index contributed by atoms with van der Waals surface area (Å²) >= 11 is 3.51. The Morgan fingerprint density at radius 3 is 2.80 bits per heavy atom. The van der Waals surface area contributed by atoms with Gasteiger partial charge in [0.2, 0.25) is 0 Å². The largest absolute Gasteiger partial charge is 0.490 e. The Kier molecular flexibility index (Phi) is 6.17. The summed E-state index contributed by atoms with van der Waals surface area (Å²) in [5, 5.41) is 10.3. The van der Waals surface area contributed by atoms with Gasteiger partial charge in [-0.2, -0.15) is 0 Å². The van der Waals surface area contributed by atoms with Gasteiger partial charge in [0.05, 0.1) is 23.8 Å². The molecule has 1 atom stereocenters. The molecule has 4 heteroatoms. The molecule has 0 saturated carbocycles. The minimum atomic E-state index is -0.430. The van der Waals surface area contributed by atoms with E-state index in [-0.39, 0.29) is 0 Å².